The summed E-state index contributed by atoms with van der Waals surface area (Å²) >= 11 is 0. The number of nitrogen functional groups attached to an aromatic ring is 1. The largest absolute Gasteiger partial charge is 0.497 e. The van der Waals surface area contributed by atoms with Gasteiger partial charge in [0, 0.05) is 17.3 Å². The van der Waals surface area contributed by atoms with Crippen LogP contribution in [0.25, 0.3) is 11.4 Å². The molecule has 1 saturated carbocycles. The molecule has 0 radical (unpaired) electrons. The molecule has 6 heteroatoms. The minimum Gasteiger partial charge on any atom is -0.497 e. The molecule has 1 atom stereocenters. The first kappa shape index (κ1) is 13.9. The maximum absolute atomic E-state index is 5.93. The lowest BCUT2D eigenvalue weighted by atomic mass is 9.92. The number of ether oxygens (including phenoxy) is 1. The van der Waals surface area contributed by atoms with Crippen molar-refractivity contribution in [2.75, 3.05) is 12.8 Å². The average molecular weight is 287 g/mol. The van der Waals surface area contributed by atoms with Crippen LogP contribution in [0.1, 0.15) is 39.2 Å². The van der Waals surface area contributed by atoms with Crippen molar-refractivity contribution in [1.29, 1.82) is 0 Å². The highest BCUT2D eigenvalue weighted by atomic mass is 16.5. The van der Waals surface area contributed by atoms with E-state index in [9.17, 15) is 0 Å². The second kappa shape index (κ2) is 5.02. The third-order valence-electron chi connectivity index (χ3n) is 4.20. The number of tetrazole rings is 1. The van der Waals surface area contributed by atoms with E-state index >= 15 is 0 Å². The first-order valence-corrected chi connectivity index (χ1v) is 7.21. The van der Waals surface area contributed by atoms with E-state index in [2.05, 4.69) is 29.4 Å². The van der Waals surface area contributed by atoms with Gasteiger partial charge in [0.25, 0.3) is 0 Å². The Labute approximate surface area is 124 Å². The van der Waals surface area contributed by atoms with E-state index in [1.807, 2.05) is 16.8 Å². The summed E-state index contributed by atoms with van der Waals surface area (Å²) in [6.45, 7) is 4.58. The molecule has 0 amide bonds. The lowest BCUT2D eigenvalue weighted by Gasteiger charge is -2.17. The Bertz CT molecular complexity index is 649. The maximum Gasteiger partial charge on any atom is 0.182 e. The van der Waals surface area contributed by atoms with E-state index in [1.54, 1.807) is 13.2 Å². The van der Waals surface area contributed by atoms with Gasteiger partial charge in [-0.2, -0.15) is 0 Å². The molecule has 1 aromatic heterocycles. The number of rotatable bonds is 3. The molecule has 2 N–H and O–H groups in total. The van der Waals surface area contributed by atoms with Crippen LogP contribution in [-0.4, -0.2) is 27.3 Å². The van der Waals surface area contributed by atoms with E-state index in [0.717, 1.165) is 24.2 Å². The van der Waals surface area contributed by atoms with Crippen molar-refractivity contribution in [3.05, 3.63) is 18.2 Å². The molecule has 1 aliphatic rings. The van der Waals surface area contributed by atoms with Crippen molar-refractivity contribution < 1.29 is 4.74 Å². The summed E-state index contributed by atoms with van der Waals surface area (Å²) in [6, 6.07) is 5.93. The second-order valence-electron chi connectivity index (χ2n) is 6.50. The van der Waals surface area contributed by atoms with Crippen molar-refractivity contribution in [3.8, 4) is 17.1 Å². The molecule has 1 fully saturated rings. The molecule has 1 aromatic carbocycles. The summed E-state index contributed by atoms with van der Waals surface area (Å²) in [5, 5.41) is 12.2. The third kappa shape index (κ3) is 2.70. The van der Waals surface area contributed by atoms with Gasteiger partial charge in [-0.3, -0.25) is 0 Å². The minimum atomic E-state index is 0.345. The Morgan fingerprint density at radius 3 is 2.81 bits per heavy atom. The summed E-state index contributed by atoms with van der Waals surface area (Å²) in [6.07, 6.45) is 3.38. The van der Waals surface area contributed by atoms with Crippen molar-refractivity contribution in [2.45, 2.75) is 39.2 Å². The molecule has 112 valence electrons. The molecule has 2 aromatic rings. The zero-order valence-corrected chi connectivity index (χ0v) is 12.7. The highest BCUT2D eigenvalue weighted by molar-refractivity contribution is 5.64. The summed E-state index contributed by atoms with van der Waals surface area (Å²) in [5.41, 5.74) is 7.81. The van der Waals surface area contributed by atoms with Crippen molar-refractivity contribution in [2.24, 2.45) is 5.41 Å². The van der Waals surface area contributed by atoms with Crippen LogP contribution in [0, 0.1) is 5.41 Å². The average Bonchev–Trinajstić information content (AvgIpc) is 3.03. The Morgan fingerprint density at radius 1 is 1.33 bits per heavy atom. The lowest BCUT2D eigenvalue weighted by Crippen LogP contribution is -2.12. The van der Waals surface area contributed by atoms with Gasteiger partial charge in [-0.05, 0) is 47.2 Å². The van der Waals surface area contributed by atoms with Crippen LogP contribution in [0.15, 0.2) is 18.2 Å². The number of anilines is 1. The number of nitrogens with two attached hydrogens (primary N) is 1. The highest BCUT2D eigenvalue weighted by Crippen LogP contribution is 2.44. The van der Waals surface area contributed by atoms with Gasteiger partial charge in [-0.25, -0.2) is 4.68 Å². The fourth-order valence-electron chi connectivity index (χ4n) is 3.11. The molecule has 0 aliphatic heterocycles. The first-order valence-electron chi connectivity index (χ1n) is 7.21. The molecule has 1 unspecified atom stereocenters. The Morgan fingerprint density at radius 2 is 2.14 bits per heavy atom. The maximum atomic E-state index is 5.93. The van der Waals surface area contributed by atoms with Gasteiger partial charge in [0.05, 0.1) is 13.2 Å². The van der Waals surface area contributed by atoms with Crippen LogP contribution < -0.4 is 10.5 Å². The van der Waals surface area contributed by atoms with Crippen molar-refractivity contribution >= 4 is 5.69 Å². The second-order valence-corrected chi connectivity index (χ2v) is 6.50. The smallest absolute Gasteiger partial charge is 0.182 e. The number of aromatic nitrogens is 4. The molecule has 1 heterocycles. The van der Waals surface area contributed by atoms with E-state index < -0.39 is 0 Å². The molecular weight excluding hydrogens is 266 g/mol. The van der Waals surface area contributed by atoms with E-state index in [4.69, 9.17) is 10.5 Å². The SMILES string of the molecule is COc1cc(N)cc(-c2nnnn2C2CCC(C)(C)C2)c1. The molecular formula is C15H21N5O. The zero-order chi connectivity index (χ0) is 15.0. The fourth-order valence-corrected chi connectivity index (χ4v) is 3.11. The van der Waals surface area contributed by atoms with Crippen LogP contribution in [-0.2, 0) is 0 Å². The Balaban J connectivity index is 1.98. The Kier molecular flexibility index (Phi) is 3.31. The normalized spacial score (nSPS) is 20.6. The van der Waals surface area contributed by atoms with Crippen LogP contribution in [0.3, 0.4) is 0 Å². The zero-order valence-electron chi connectivity index (χ0n) is 12.7. The number of benzene rings is 1. The van der Waals surface area contributed by atoms with Gasteiger partial charge in [0.1, 0.15) is 5.75 Å². The summed E-state index contributed by atoms with van der Waals surface area (Å²) in [4.78, 5) is 0. The molecule has 21 heavy (non-hydrogen) atoms. The topological polar surface area (TPSA) is 78.8 Å². The van der Waals surface area contributed by atoms with Crippen molar-refractivity contribution in [3.63, 3.8) is 0 Å². The number of hydrogen-bond donors (Lipinski definition) is 1. The number of hydrogen-bond acceptors (Lipinski definition) is 5. The van der Waals surface area contributed by atoms with E-state index in [0.29, 0.717) is 22.9 Å². The van der Waals surface area contributed by atoms with Gasteiger partial charge in [0.2, 0.25) is 0 Å². The molecule has 0 spiro atoms. The minimum absolute atomic E-state index is 0.345. The van der Waals surface area contributed by atoms with Gasteiger partial charge in [-0.15, -0.1) is 5.10 Å². The van der Waals surface area contributed by atoms with Crippen LogP contribution in [0.4, 0.5) is 5.69 Å². The molecule has 0 saturated heterocycles. The predicted molar refractivity (Wildman–Crippen MR) is 80.9 cm³/mol. The standard InChI is InChI=1S/C15H21N5O/c1-15(2)5-4-12(9-15)20-14(17-18-19-20)10-6-11(16)8-13(7-10)21-3/h6-8,12H,4-5,9,16H2,1-3H3. The summed E-state index contributed by atoms with van der Waals surface area (Å²) in [5.74, 6) is 1.47. The summed E-state index contributed by atoms with van der Waals surface area (Å²) < 4.78 is 7.21. The van der Waals surface area contributed by atoms with Crippen LogP contribution >= 0.6 is 0 Å². The predicted octanol–water partition coefficient (Wildman–Crippen LogP) is 2.68. The molecule has 6 nitrogen and oxygen atoms in total. The van der Waals surface area contributed by atoms with Gasteiger partial charge < -0.3 is 10.5 Å². The fraction of sp³-hybridized carbons (Fsp3) is 0.533. The van der Waals surface area contributed by atoms with Crippen molar-refractivity contribution in [1.82, 2.24) is 20.2 Å². The number of nitrogens with zero attached hydrogens (tertiary/aromatic N) is 4. The summed E-state index contributed by atoms with van der Waals surface area (Å²) in [7, 11) is 1.63. The first-order chi connectivity index (χ1) is 9.98. The number of methoxy groups -OCH3 is 1. The van der Waals surface area contributed by atoms with Gasteiger partial charge >= 0.3 is 0 Å². The van der Waals surface area contributed by atoms with Gasteiger partial charge in [0.15, 0.2) is 5.82 Å². The van der Waals surface area contributed by atoms with Crippen LogP contribution in [0.5, 0.6) is 5.75 Å². The molecule has 3 rings (SSSR count). The van der Waals surface area contributed by atoms with E-state index in [1.165, 1.54) is 6.42 Å². The Hall–Kier alpha value is -2.11. The van der Waals surface area contributed by atoms with Crippen LogP contribution in [0.2, 0.25) is 0 Å². The monoisotopic (exact) mass is 287 g/mol. The quantitative estimate of drug-likeness (QED) is 0.878. The molecule has 1 aliphatic carbocycles. The van der Waals surface area contributed by atoms with Gasteiger partial charge in [-0.1, -0.05) is 13.8 Å². The third-order valence-corrected chi connectivity index (χ3v) is 4.20. The highest BCUT2D eigenvalue weighted by Gasteiger charge is 2.34. The lowest BCUT2D eigenvalue weighted by molar-refractivity contribution is 0.348. The van der Waals surface area contributed by atoms with E-state index in [-0.39, 0.29) is 0 Å². The molecule has 0 bridgehead atoms.